The number of esters is 1. The van der Waals surface area contributed by atoms with Crippen molar-refractivity contribution in [1.82, 2.24) is 5.32 Å². The van der Waals surface area contributed by atoms with Crippen LogP contribution in [0.4, 0.5) is 4.79 Å². The summed E-state index contributed by atoms with van der Waals surface area (Å²) in [5.41, 5.74) is 0.232. The van der Waals surface area contributed by atoms with Gasteiger partial charge in [0.1, 0.15) is 18.0 Å². The maximum absolute atomic E-state index is 12.0. The van der Waals surface area contributed by atoms with E-state index in [9.17, 15) is 9.59 Å². The molecule has 0 bridgehead atoms. The van der Waals surface area contributed by atoms with E-state index >= 15 is 0 Å². The number of benzene rings is 1. The molecule has 25 heavy (non-hydrogen) atoms. The number of hydrogen-bond acceptors (Lipinski definition) is 5. The van der Waals surface area contributed by atoms with E-state index in [2.05, 4.69) is 21.2 Å². The molecule has 1 amide bonds. The molecule has 0 aromatic heterocycles. The maximum Gasteiger partial charge on any atom is 0.408 e. The minimum atomic E-state index is -0.543. The fourth-order valence-electron chi connectivity index (χ4n) is 2.33. The van der Waals surface area contributed by atoms with Crippen LogP contribution in [0.15, 0.2) is 18.2 Å². The van der Waals surface area contributed by atoms with Crippen LogP contribution in [0.5, 0.6) is 5.75 Å². The highest BCUT2D eigenvalue weighted by molar-refractivity contribution is 9.08. The molecular formula is C18H24BrNO5. The minimum Gasteiger partial charge on any atom is -0.491 e. The van der Waals surface area contributed by atoms with Gasteiger partial charge in [0, 0.05) is 10.9 Å². The van der Waals surface area contributed by atoms with Crippen molar-refractivity contribution in [2.24, 2.45) is 0 Å². The Balaban J connectivity index is 2.04. The lowest BCUT2D eigenvalue weighted by Gasteiger charge is -2.24. The van der Waals surface area contributed by atoms with Crippen LogP contribution in [0.1, 0.15) is 49.5 Å². The number of carbonyl (C=O) groups is 2. The van der Waals surface area contributed by atoms with Crippen LogP contribution in [0.3, 0.4) is 0 Å². The fraction of sp³-hybridized carbons (Fsp3) is 0.556. The quantitative estimate of drug-likeness (QED) is 0.566. The van der Waals surface area contributed by atoms with E-state index in [4.69, 9.17) is 14.2 Å². The van der Waals surface area contributed by atoms with Gasteiger partial charge in [-0.2, -0.15) is 0 Å². The number of alkyl halides is 1. The van der Waals surface area contributed by atoms with Gasteiger partial charge in [0.05, 0.1) is 18.2 Å². The smallest absolute Gasteiger partial charge is 0.408 e. The van der Waals surface area contributed by atoms with Crippen LogP contribution in [0, 0.1) is 0 Å². The number of hydrogen-bond donors (Lipinski definition) is 1. The van der Waals surface area contributed by atoms with Gasteiger partial charge in [0.2, 0.25) is 0 Å². The summed E-state index contributed by atoms with van der Waals surface area (Å²) in [5.74, 6) is 0.185. The number of halogens is 1. The predicted octanol–water partition coefficient (Wildman–Crippen LogP) is 3.80. The van der Waals surface area contributed by atoms with E-state index in [0.717, 1.165) is 18.4 Å². The third kappa shape index (κ3) is 5.36. The Bertz CT molecular complexity index is 649. The first-order valence-electron chi connectivity index (χ1n) is 8.10. The van der Waals surface area contributed by atoms with Crippen molar-refractivity contribution in [3.8, 4) is 5.75 Å². The Morgan fingerprint density at radius 1 is 1.28 bits per heavy atom. The molecule has 0 radical (unpaired) electrons. The Morgan fingerprint density at radius 2 is 1.96 bits per heavy atom. The molecule has 1 N–H and O–H groups in total. The summed E-state index contributed by atoms with van der Waals surface area (Å²) in [6, 6.07) is 5.24. The normalized spacial score (nSPS) is 15.2. The Kier molecular flexibility index (Phi) is 5.98. The van der Waals surface area contributed by atoms with Crippen LogP contribution in [0.2, 0.25) is 0 Å². The molecule has 7 heteroatoms. The molecule has 0 spiro atoms. The highest BCUT2D eigenvalue weighted by Gasteiger charge is 2.46. The summed E-state index contributed by atoms with van der Waals surface area (Å²) in [7, 11) is 1.35. The number of ether oxygens (including phenoxy) is 3. The first-order valence-corrected chi connectivity index (χ1v) is 9.22. The van der Waals surface area contributed by atoms with Crippen molar-refractivity contribution in [3.63, 3.8) is 0 Å². The number of alkyl carbamates (subject to hydrolysis) is 1. The molecule has 6 nitrogen and oxygen atoms in total. The van der Waals surface area contributed by atoms with E-state index < -0.39 is 23.2 Å². The molecule has 1 aliphatic rings. The van der Waals surface area contributed by atoms with E-state index in [1.165, 1.54) is 7.11 Å². The second-order valence-electron chi connectivity index (χ2n) is 7.10. The SMILES string of the molecule is COC(=O)c1cccc(OCC2(NC(=O)OC(C)(C)C)CC2)c1CBr. The van der Waals surface area contributed by atoms with E-state index in [-0.39, 0.29) is 0 Å². The van der Waals surface area contributed by atoms with Crippen LogP contribution in [0.25, 0.3) is 0 Å². The van der Waals surface area contributed by atoms with Crippen LogP contribution in [-0.4, -0.2) is 36.9 Å². The standard InChI is InChI=1S/C18H24BrNO5/c1-17(2,3)25-16(22)20-18(8-9-18)11-24-14-7-5-6-12(13(14)10-19)15(21)23-4/h5-7H,8-11H2,1-4H3,(H,20,22). The average molecular weight is 414 g/mol. The number of carbonyl (C=O) groups excluding carboxylic acids is 2. The lowest BCUT2D eigenvalue weighted by atomic mass is 10.1. The Labute approximate surface area is 156 Å². The minimum absolute atomic E-state index is 0.316. The molecule has 0 unspecified atom stereocenters. The summed E-state index contributed by atoms with van der Waals surface area (Å²) in [5, 5.41) is 3.35. The van der Waals surface area contributed by atoms with Gasteiger partial charge < -0.3 is 19.5 Å². The largest absolute Gasteiger partial charge is 0.491 e. The van der Waals surface area contributed by atoms with Crippen molar-refractivity contribution in [3.05, 3.63) is 29.3 Å². The number of rotatable bonds is 6. The van der Waals surface area contributed by atoms with Crippen molar-refractivity contribution in [1.29, 1.82) is 0 Å². The molecule has 1 aromatic rings. The third-order valence-electron chi connectivity index (χ3n) is 3.80. The highest BCUT2D eigenvalue weighted by Crippen LogP contribution is 2.37. The summed E-state index contributed by atoms with van der Waals surface area (Å²) < 4.78 is 16.0. The molecule has 0 atom stereocenters. The zero-order valence-corrected chi connectivity index (χ0v) is 16.6. The molecule has 0 aliphatic heterocycles. The highest BCUT2D eigenvalue weighted by atomic mass is 79.9. The summed E-state index contributed by atoms with van der Waals surface area (Å²) >= 11 is 3.39. The first kappa shape index (κ1) is 19.6. The fourth-order valence-corrected chi connectivity index (χ4v) is 2.91. The number of nitrogens with one attached hydrogen (secondary N) is 1. The van der Waals surface area contributed by atoms with Gasteiger partial charge in [-0.05, 0) is 45.7 Å². The monoisotopic (exact) mass is 413 g/mol. The second-order valence-corrected chi connectivity index (χ2v) is 7.66. The van der Waals surface area contributed by atoms with Gasteiger partial charge in [0.15, 0.2) is 0 Å². The van der Waals surface area contributed by atoms with Crippen molar-refractivity contribution >= 4 is 28.0 Å². The van der Waals surface area contributed by atoms with Gasteiger partial charge in [0.25, 0.3) is 0 Å². The first-order chi connectivity index (χ1) is 11.7. The van der Waals surface area contributed by atoms with Gasteiger partial charge in [-0.1, -0.05) is 22.0 Å². The van der Waals surface area contributed by atoms with Crippen molar-refractivity contribution < 1.29 is 23.8 Å². The summed E-state index contributed by atoms with van der Waals surface area (Å²) in [4.78, 5) is 23.8. The van der Waals surface area contributed by atoms with E-state index in [1.807, 2.05) is 20.8 Å². The average Bonchev–Trinajstić information content (AvgIpc) is 3.29. The molecule has 2 rings (SSSR count). The van der Waals surface area contributed by atoms with Gasteiger partial charge in [-0.25, -0.2) is 9.59 Å². The van der Waals surface area contributed by atoms with Gasteiger partial charge >= 0.3 is 12.1 Å². The molecule has 1 saturated carbocycles. The molecule has 0 heterocycles. The summed E-state index contributed by atoms with van der Waals surface area (Å²) in [6.45, 7) is 5.78. The van der Waals surface area contributed by atoms with Crippen molar-refractivity contribution in [2.45, 2.75) is 50.1 Å². The molecule has 138 valence electrons. The Morgan fingerprint density at radius 3 is 2.48 bits per heavy atom. The van der Waals surface area contributed by atoms with Crippen LogP contribution < -0.4 is 10.1 Å². The Hall–Kier alpha value is -1.76. The molecular weight excluding hydrogens is 390 g/mol. The molecule has 1 aliphatic carbocycles. The molecule has 1 fully saturated rings. The maximum atomic E-state index is 12.0. The van der Waals surface area contributed by atoms with Gasteiger partial charge in [-0.15, -0.1) is 0 Å². The summed E-state index contributed by atoms with van der Waals surface area (Å²) in [6.07, 6.45) is 1.21. The lowest BCUT2D eigenvalue weighted by Crippen LogP contribution is -2.44. The second kappa shape index (κ2) is 7.64. The zero-order valence-electron chi connectivity index (χ0n) is 15.0. The zero-order chi connectivity index (χ0) is 18.7. The van der Waals surface area contributed by atoms with E-state index in [1.54, 1.807) is 18.2 Å². The van der Waals surface area contributed by atoms with E-state index in [0.29, 0.717) is 23.2 Å². The van der Waals surface area contributed by atoms with Crippen molar-refractivity contribution in [2.75, 3.05) is 13.7 Å². The topological polar surface area (TPSA) is 73.9 Å². The van der Waals surface area contributed by atoms with Crippen LogP contribution in [-0.2, 0) is 14.8 Å². The lowest BCUT2D eigenvalue weighted by molar-refractivity contribution is 0.0476. The van der Waals surface area contributed by atoms with Gasteiger partial charge in [-0.3, -0.25) is 0 Å². The molecule has 1 aromatic carbocycles. The number of methoxy groups -OCH3 is 1. The van der Waals surface area contributed by atoms with Crippen LogP contribution >= 0.6 is 15.9 Å². The third-order valence-corrected chi connectivity index (χ3v) is 4.36. The molecule has 0 saturated heterocycles. The number of amides is 1. The predicted molar refractivity (Wildman–Crippen MR) is 97.2 cm³/mol.